The van der Waals surface area contributed by atoms with Crippen molar-refractivity contribution >= 4 is 33.0 Å². The molecule has 0 aliphatic rings. The Morgan fingerprint density at radius 2 is 2.05 bits per heavy atom. The number of esters is 1. The van der Waals surface area contributed by atoms with Gasteiger partial charge in [-0.2, -0.15) is 0 Å². The molecule has 0 atom stereocenters. The standard InChI is InChI=1S/C13H14N2O4S2/c1-8-5-4-6-10(9(8)2)15-21(17,18)13-11(12(16)19-3)14-7-20-13/h4-7,15H,1-3H3. The molecule has 1 aromatic carbocycles. The summed E-state index contributed by atoms with van der Waals surface area (Å²) >= 11 is 0.867. The van der Waals surface area contributed by atoms with Crippen LogP contribution in [0.15, 0.2) is 27.9 Å². The van der Waals surface area contributed by atoms with Gasteiger partial charge in [-0.05, 0) is 31.0 Å². The zero-order valence-corrected chi connectivity index (χ0v) is 13.3. The van der Waals surface area contributed by atoms with Crippen LogP contribution < -0.4 is 4.72 Å². The largest absolute Gasteiger partial charge is 0.464 e. The van der Waals surface area contributed by atoms with E-state index in [1.54, 1.807) is 12.1 Å². The lowest BCUT2D eigenvalue weighted by atomic mass is 10.1. The molecule has 0 saturated carbocycles. The van der Waals surface area contributed by atoms with E-state index in [9.17, 15) is 13.2 Å². The third-order valence-corrected chi connectivity index (χ3v) is 5.74. The van der Waals surface area contributed by atoms with Crippen LogP contribution in [-0.4, -0.2) is 26.5 Å². The van der Waals surface area contributed by atoms with Gasteiger partial charge in [-0.3, -0.25) is 4.72 Å². The van der Waals surface area contributed by atoms with Crippen molar-refractivity contribution < 1.29 is 17.9 Å². The zero-order chi connectivity index (χ0) is 15.6. The molecule has 112 valence electrons. The molecule has 2 rings (SSSR count). The molecule has 2 aromatic rings. The molecule has 1 heterocycles. The number of hydrogen-bond acceptors (Lipinski definition) is 6. The van der Waals surface area contributed by atoms with Crippen LogP contribution in [0.5, 0.6) is 0 Å². The number of thiazole rings is 1. The van der Waals surface area contributed by atoms with E-state index < -0.39 is 16.0 Å². The number of ether oxygens (including phenoxy) is 1. The van der Waals surface area contributed by atoms with Gasteiger partial charge in [0.25, 0.3) is 10.0 Å². The highest BCUT2D eigenvalue weighted by atomic mass is 32.2. The van der Waals surface area contributed by atoms with E-state index in [-0.39, 0.29) is 9.90 Å². The Bertz CT molecular complexity index is 781. The summed E-state index contributed by atoms with van der Waals surface area (Å²) in [6.45, 7) is 3.71. The SMILES string of the molecule is COC(=O)c1ncsc1S(=O)(=O)Nc1cccc(C)c1C. The molecule has 0 saturated heterocycles. The molecule has 6 nitrogen and oxygen atoms in total. The topological polar surface area (TPSA) is 85.4 Å². The number of methoxy groups -OCH3 is 1. The summed E-state index contributed by atoms with van der Waals surface area (Å²) in [5, 5.41) is 0. The zero-order valence-electron chi connectivity index (χ0n) is 11.7. The van der Waals surface area contributed by atoms with E-state index in [2.05, 4.69) is 14.4 Å². The highest BCUT2D eigenvalue weighted by molar-refractivity contribution is 7.94. The van der Waals surface area contributed by atoms with Gasteiger partial charge in [0.1, 0.15) is 0 Å². The molecule has 1 aromatic heterocycles. The highest BCUT2D eigenvalue weighted by Crippen LogP contribution is 2.26. The Labute approximate surface area is 126 Å². The number of hydrogen-bond donors (Lipinski definition) is 1. The quantitative estimate of drug-likeness (QED) is 0.872. The summed E-state index contributed by atoms with van der Waals surface area (Å²) in [7, 11) is -2.71. The number of carbonyl (C=O) groups excluding carboxylic acids is 1. The van der Waals surface area contributed by atoms with Gasteiger partial charge in [0.2, 0.25) is 0 Å². The maximum atomic E-state index is 12.4. The maximum absolute atomic E-state index is 12.4. The first-order valence-electron chi connectivity index (χ1n) is 5.97. The fourth-order valence-electron chi connectivity index (χ4n) is 1.71. The van der Waals surface area contributed by atoms with Gasteiger partial charge < -0.3 is 4.74 Å². The average molecular weight is 326 g/mol. The van der Waals surface area contributed by atoms with Crippen molar-refractivity contribution in [2.75, 3.05) is 11.8 Å². The lowest BCUT2D eigenvalue weighted by molar-refractivity contribution is 0.0590. The second-order valence-corrected chi connectivity index (χ2v) is 7.07. The Hall–Kier alpha value is -1.93. The summed E-state index contributed by atoms with van der Waals surface area (Å²) < 4.78 is 31.7. The second kappa shape index (κ2) is 5.82. The molecule has 1 N–H and O–H groups in total. The number of aromatic nitrogens is 1. The van der Waals surface area contributed by atoms with Crippen LogP contribution >= 0.6 is 11.3 Å². The Kier molecular flexibility index (Phi) is 4.29. The van der Waals surface area contributed by atoms with Crippen molar-refractivity contribution in [1.29, 1.82) is 0 Å². The fraction of sp³-hybridized carbons (Fsp3) is 0.231. The number of nitrogens with zero attached hydrogens (tertiary/aromatic N) is 1. The van der Waals surface area contributed by atoms with Crippen molar-refractivity contribution in [1.82, 2.24) is 4.98 Å². The Morgan fingerprint density at radius 3 is 2.71 bits per heavy atom. The van der Waals surface area contributed by atoms with Gasteiger partial charge in [-0.15, -0.1) is 11.3 Å². The fourth-order valence-corrected chi connectivity index (χ4v) is 3.97. The van der Waals surface area contributed by atoms with Crippen molar-refractivity contribution in [2.24, 2.45) is 0 Å². The predicted molar refractivity (Wildman–Crippen MR) is 80.2 cm³/mol. The lowest BCUT2D eigenvalue weighted by Crippen LogP contribution is -2.16. The molecule has 0 radical (unpaired) electrons. The van der Waals surface area contributed by atoms with E-state index in [1.807, 2.05) is 19.9 Å². The monoisotopic (exact) mass is 326 g/mol. The number of anilines is 1. The lowest BCUT2D eigenvalue weighted by Gasteiger charge is -2.11. The smallest absolute Gasteiger partial charge is 0.358 e. The first-order chi connectivity index (χ1) is 9.86. The summed E-state index contributed by atoms with van der Waals surface area (Å²) in [5.41, 5.74) is 3.35. The van der Waals surface area contributed by atoms with Gasteiger partial charge in [-0.1, -0.05) is 12.1 Å². The minimum absolute atomic E-state index is 0.157. The number of benzene rings is 1. The van der Waals surface area contributed by atoms with E-state index in [1.165, 1.54) is 12.6 Å². The average Bonchev–Trinajstić information content (AvgIpc) is 2.93. The molecule has 0 bridgehead atoms. The molecule has 0 spiro atoms. The van der Waals surface area contributed by atoms with Crippen LogP contribution in [0.3, 0.4) is 0 Å². The Morgan fingerprint density at radius 1 is 1.33 bits per heavy atom. The third kappa shape index (κ3) is 3.06. The van der Waals surface area contributed by atoms with Gasteiger partial charge >= 0.3 is 5.97 Å². The van der Waals surface area contributed by atoms with E-state index >= 15 is 0 Å². The summed E-state index contributed by atoms with van der Waals surface area (Å²) in [6.07, 6.45) is 0. The maximum Gasteiger partial charge on any atom is 0.358 e. The number of rotatable bonds is 4. The van der Waals surface area contributed by atoms with E-state index in [4.69, 9.17) is 0 Å². The molecule has 21 heavy (non-hydrogen) atoms. The molecule has 0 aliphatic carbocycles. The molecule has 0 unspecified atom stereocenters. The number of carbonyl (C=O) groups is 1. The number of aryl methyl sites for hydroxylation is 1. The first kappa shape index (κ1) is 15.5. The number of nitrogens with one attached hydrogen (secondary N) is 1. The van der Waals surface area contributed by atoms with E-state index in [0.29, 0.717) is 5.69 Å². The van der Waals surface area contributed by atoms with E-state index in [0.717, 1.165) is 22.5 Å². The number of sulfonamides is 1. The van der Waals surface area contributed by atoms with Crippen LogP contribution in [-0.2, 0) is 14.8 Å². The predicted octanol–water partition coefficient (Wildman–Crippen LogP) is 2.35. The molecular formula is C13H14N2O4S2. The van der Waals surface area contributed by atoms with Crippen molar-refractivity contribution in [3.8, 4) is 0 Å². The molecule has 0 fully saturated rings. The van der Waals surface area contributed by atoms with Crippen molar-refractivity contribution in [3.63, 3.8) is 0 Å². The van der Waals surface area contributed by atoms with Gasteiger partial charge in [0.15, 0.2) is 9.90 Å². The summed E-state index contributed by atoms with van der Waals surface area (Å²) in [4.78, 5) is 15.3. The van der Waals surface area contributed by atoms with Crippen LogP contribution in [0.2, 0.25) is 0 Å². The van der Waals surface area contributed by atoms with Crippen LogP contribution in [0, 0.1) is 13.8 Å². The highest BCUT2D eigenvalue weighted by Gasteiger charge is 2.27. The van der Waals surface area contributed by atoms with Crippen molar-refractivity contribution in [2.45, 2.75) is 18.1 Å². The van der Waals surface area contributed by atoms with Crippen LogP contribution in [0.4, 0.5) is 5.69 Å². The van der Waals surface area contributed by atoms with Crippen LogP contribution in [0.25, 0.3) is 0 Å². The normalized spacial score (nSPS) is 11.2. The second-order valence-electron chi connectivity index (χ2n) is 4.33. The van der Waals surface area contributed by atoms with Gasteiger partial charge in [0.05, 0.1) is 18.3 Å². The molecule has 8 heteroatoms. The van der Waals surface area contributed by atoms with Crippen LogP contribution in [0.1, 0.15) is 21.6 Å². The minimum atomic E-state index is -3.89. The molecule has 0 amide bonds. The van der Waals surface area contributed by atoms with Gasteiger partial charge in [-0.25, -0.2) is 18.2 Å². The minimum Gasteiger partial charge on any atom is -0.464 e. The first-order valence-corrected chi connectivity index (χ1v) is 8.34. The molecular weight excluding hydrogens is 312 g/mol. The summed E-state index contributed by atoms with van der Waals surface area (Å²) in [6, 6.07) is 5.31. The Balaban J connectivity index is 2.42. The van der Waals surface area contributed by atoms with Crippen molar-refractivity contribution in [3.05, 3.63) is 40.5 Å². The van der Waals surface area contributed by atoms with Gasteiger partial charge in [0, 0.05) is 0 Å². The molecule has 0 aliphatic heterocycles. The third-order valence-electron chi connectivity index (χ3n) is 3.01. The summed E-state index contributed by atoms with van der Waals surface area (Å²) in [5.74, 6) is -0.780.